The van der Waals surface area contributed by atoms with Crippen LogP contribution in [0.4, 0.5) is 55.3 Å². The number of benzene rings is 4. The molecule has 0 fully saturated rings. The van der Waals surface area contributed by atoms with Gasteiger partial charge in [0.1, 0.15) is 0 Å². The Kier molecular flexibility index (Phi) is 10.2. The van der Waals surface area contributed by atoms with Crippen molar-refractivity contribution in [2.24, 2.45) is 0 Å². The van der Waals surface area contributed by atoms with E-state index in [0.29, 0.717) is 11.1 Å². The number of anilines is 2. The fourth-order valence-corrected chi connectivity index (χ4v) is 7.84. The van der Waals surface area contributed by atoms with Gasteiger partial charge >= 0.3 is 0 Å². The van der Waals surface area contributed by atoms with Crippen molar-refractivity contribution < 1.29 is 43.9 Å². The van der Waals surface area contributed by atoms with Crippen LogP contribution in [0.3, 0.4) is 0 Å². The Balaban J connectivity index is 1.51. The molecule has 8 bridgehead atoms. The van der Waals surface area contributed by atoms with E-state index < -0.39 is 80.4 Å². The second kappa shape index (κ2) is 15.6. The minimum Gasteiger partial charge on any atom is -0.378 e. The van der Waals surface area contributed by atoms with Gasteiger partial charge in [0, 0.05) is 83.9 Å². The lowest BCUT2D eigenvalue weighted by Gasteiger charge is -2.13. The zero-order valence-corrected chi connectivity index (χ0v) is 33.8. The monoisotopic (exact) mass is 880 g/mol. The minimum absolute atomic E-state index is 0.0842. The second-order valence-electron chi connectivity index (χ2n) is 15.3. The van der Waals surface area contributed by atoms with Crippen molar-refractivity contribution in [2.75, 3.05) is 38.0 Å². The predicted molar refractivity (Wildman–Crippen MR) is 229 cm³/mol. The van der Waals surface area contributed by atoms with Crippen molar-refractivity contribution in [3.8, 4) is 44.5 Å². The summed E-state index contributed by atoms with van der Waals surface area (Å²) >= 11 is 0. The number of halogens is 10. The van der Waals surface area contributed by atoms with Crippen LogP contribution in [-0.4, -0.2) is 48.1 Å². The molecular weight excluding hydrogens is 851 g/mol. The van der Waals surface area contributed by atoms with Gasteiger partial charge in [-0.3, -0.25) is 0 Å². The van der Waals surface area contributed by atoms with Gasteiger partial charge in [0.2, 0.25) is 11.6 Å². The van der Waals surface area contributed by atoms with E-state index in [1.165, 1.54) is 48.6 Å². The number of hydrogen-bond donors (Lipinski definition) is 2. The third-order valence-corrected chi connectivity index (χ3v) is 11.0. The van der Waals surface area contributed by atoms with Gasteiger partial charge in [-0.2, -0.15) is 0 Å². The van der Waals surface area contributed by atoms with Gasteiger partial charge in [0.25, 0.3) is 0 Å². The van der Waals surface area contributed by atoms with E-state index in [1.807, 2.05) is 9.80 Å². The number of rotatable bonds is 6. The normalized spacial score (nSPS) is 12.1. The van der Waals surface area contributed by atoms with Crippen molar-refractivity contribution in [2.45, 2.75) is 0 Å². The molecule has 0 atom stereocenters. The van der Waals surface area contributed by atoms with Crippen LogP contribution in [0.1, 0.15) is 22.8 Å². The molecule has 0 unspecified atom stereocenters. The third-order valence-electron chi connectivity index (χ3n) is 11.0. The number of aromatic nitrogens is 4. The molecule has 0 spiro atoms. The molecular formula is C48H30F10N6. The summed E-state index contributed by atoms with van der Waals surface area (Å²) in [5, 5.41) is 0. The van der Waals surface area contributed by atoms with Crippen molar-refractivity contribution in [3.05, 3.63) is 154 Å². The van der Waals surface area contributed by atoms with Crippen LogP contribution in [0.5, 0.6) is 0 Å². The highest BCUT2D eigenvalue weighted by Gasteiger charge is 2.32. The highest BCUT2D eigenvalue weighted by atomic mass is 19.2. The Morgan fingerprint density at radius 1 is 0.312 bits per heavy atom. The maximum Gasteiger partial charge on any atom is 0.200 e. The van der Waals surface area contributed by atoms with E-state index >= 15 is 35.1 Å². The molecule has 2 N–H and O–H groups in total. The lowest BCUT2D eigenvalue weighted by Crippen LogP contribution is -2.07. The lowest BCUT2D eigenvalue weighted by atomic mass is 10.0. The molecule has 322 valence electrons. The van der Waals surface area contributed by atoms with Crippen molar-refractivity contribution in [3.63, 3.8) is 0 Å². The maximum absolute atomic E-state index is 16.0. The van der Waals surface area contributed by atoms with Crippen molar-refractivity contribution in [1.29, 1.82) is 0 Å². The number of H-pyrrole nitrogens is 2. The lowest BCUT2D eigenvalue weighted by molar-refractivity contribution is 0.381. The van der Waals surface area contributed by atoms with Crippen LogP contribution < -0.4 is 9.80 Å². The largest absolute Gasteiger partial charge is 0.378 e. The van der Waals surface area contributed by atoms with Gasteiger partial charge in [-0.1, -0.05) is 24.3 Å². The summed E-state index contributed by atoms with van der Waals surface area (Å²) in [4.78, 5) is 19.2. The Morgan fingerprint density at radius 3 is 0.844 bits per heavy atom. The first-order chi connectivity index (χ1) is 30.5. The summed E-state index contributed by atoms with van der Waals surface area (Å²) in [6, 6.07) is 19.4. The molecule has 0 amide bonds. The molecule has 9 rings (SSSR count). The van der Waals surface area contributed by atoms with Gasteiger partial charge in [0.05, 0.1) is 33.9 Å². The summed E-state index contributed by atoms with van der Waals surface area (Å²) in [7, 11) is 7.23. The van der Waals surface area contributed by atoms with Crippen LogP contribution in [0.2, 0.25) is 0 Å². The fourth-order valence-electron chi connectivity index (χ4n) is 7.84. The predicted octanol–water partition coefficient (Wildman–Crippen LogP) is 12.8. The average molecular weight is 881 g/mol. The molecule has 2 aliphatic rings. The summed E-state index contributed by atoms with van der Waals surface area (Å²) in [5.74, 6) is -21.9. The molecule has 3 aromatic heterocycles. The molecule has 0 radical (unpaired) electrons. The van der Waals surface area contributed by atoms with Crippen molar-refractivity contribution >= 4 is 57.7 Å². The first-order valence-corrected chi connectivity index (χ1v) is 19.3. The first-order valence-electron chi connectivity index (χ1n) is 19.3. The zero-order chi connectivity index (χ0) is 45.5. The van der Waals surface area contributed by atoms with E-state index in [-0.39, 0.29) is 56.0 Å². The molecule has 5 heterocycles. The van der Waals surface area contributed by atoms with Crippen LogP contribution in [0, 0.1) is 58.2 Å². The molecule has 64 heavy (non-hydrogen) atoms. The molecule has 0 saturated carbocycles. The molecule has 16 heteroatoms. The molecule has 6 nitrogen and oxygen atoms in total. The van der Waals surface area contributed by atoms with Gasteiger partial charge in [0.15, 0.2) is 46.5 Å². The van der Waals surface area contributed by atoms with E-state index in [0.717, 1.165) is 11.4 Å². The molecule has 0 saturated heterocycles. The maximum atomic E-state index is 16.0. The standard InChI is InChI=1S/C48H30F10N6/c1-63(2)23-9-5-21(6-10-23)33-25-13-17-29(59-25)35(37-39(49)43(53)47(57)44(54)40(37)50)31-19-15-27(61-31)34(22-7-11-24(12-8-22)64(3)4)28-16-20-32(62-28)36(30-18-14-26(33)60-30)38-41(51)45(55)48(58)46(56)42(38)52/h5-20,59,62H,1-4H3. The summed E-state index contributed by atoms with van der Waals surface area (Å²) in [5.41, 5.74) is -0.778. The Bertz CT molecular complexity index is 3050. The van der Waals surface area contributed by atoms with Gasteiger partial charge in [-0.05, 0) is 84.0 Å². The van der Waals surface area contributed by atoms with Crippen LogP contribution in [0.25, 0.3) is 90.9 Å². The number of aromatic amines is 2. The number of hydrogen-bond acceptors (Lipinski definition) is 4. The zero-order valence-electron chi connectivity index (χ0n) is 33.8. The third kappa shape index (κ3) is 6.67. The molecule has 0 aliphatic carbocycles. The smallest absolute Gasteiger partial charge is 0.200 e. The minimum atomic E-state index is -2.35. The van der Waals surface area contributed by atoms with Crippen LogP contribution in [0.15, 0.2) is 72.8 Å². The highest BCUT2D eigenvalue weighted by molar-refractivity contribution is 6.00. The quantitative estimate of drug-likeness (QED) is 0.0992. The number of nitrogens with one attached hydrogen (secondary N) is 2. The van der Waals surface area contributed by atoms with E-state index in [1.54, 1.807) is 76.7 Å². The molecule has 2 aliphatic heterocycles. The van der Waals surface area contributed by atoms with Gasteiger partial charge in [-0.15, -0.1) is 0 Å². The molecule has 4 aromatic carbocycles. The van der Waals surface area contributed by atoms with E-state index in [9.17, 15) is 8.78 Å². The summed E-state index contributed by atoms with van der Waals surface area (Å²) in [6.45, 7) is 0. The Morgan fingerprint density at radius 2 is 0.562 bits per heavy atom. The fraction of sp³-hybridized carbons (Fsp3) is 0.0833. The SMILES string of the molecule is CN(C)c1ccc(-c2c3nc(c(-c4c(F)c(F)c(F)c(F)c4F)c4ccc([nH]4)c(-c4ccc(N(C)C)cc4)c4nc(c(-c5c(F)c(F)c(F)c(F)c5F)c5ccc2[nH]5)C=C4)C=C3)cc1. The van der Waals surface area contributed by atoms with E-state index in [4.69, 9.17) is 9.97 Å². The summed E-state index contributed by atoms with van der Waals surface area (Å²) in [6.07, 6.45) is 5.51. The average Bonchev–Trinajstić information content (AvgIpc) is 4.14. The van der Waals surface area contributed by atoms with Crippen LogP contribution >= 0.6 is 0 Å². The number of nitrogens with zero attached hydrogens (tertiary/aromatic N) is 4. The second-order valence-corrected chi connectivity index (χ2v) is 15.3. The topological polar surface area (TPSA) is 63.8 Å². The first kappa shape index (κ1) is 41.7. The van der Waals surface area contributed by atoms with Crippen molar-refractivity contribution in [1.82, 2.24) is 19.9 Å². The van der Waals surface area contributed by atoms with E-state index in [2.05, 4.69) is 9.97 Å². The van der Waals surface area contributed by atoms with Crippen LogP contribution in [-0.2, 0) is 0 Å². The van der Waals surface area contributed by atoms with Gasteiger partial charge in [-0.25, -0.2) is 53.9 Å². The summed E-state index contributed by atoms with van der Waals surface area (Å²) < 4.78 is 153. The van der Waals surface area contributed by atoms with Gasteiger partial charge < -0.3 is 19.8 Å². The Hall–Kier alpha value is -7.62. The molecule has 7 aromatic rings. The number of fused-ring (bicyclic) bond motifs is 8. The highest BCUT2D eigenvalue weighted by Crippen LogP contribution is 2.42. The Labute approximate surface area is 357 Å².